The lowest BCUT2D eigenvalue weighted by atomic mass is 10.3. The molecular weight excluding hydrogens is 164 g/mol. The van der Waals surface area contributed by atoms with Crippen molar-refractivity contribution < 1.29 is 0 Å². The Bertz CT molecular complexity index is 478. The number of hydrogen-bond donors (Lipinski definition) is 1. The summed E-state index contributed by atoms with van der Waals surface area (Å²) in [5.41, 5.74) is 8.00. The lowest BCUT2D eigenvalue weighted by Gasteiger charge is -1.96. The molecule has 64 valence electrons. The lowest BCUT2D eigenvalue weighted by Crippen LogP contribution is -1.97. The van der Waals surface area contributed by atoms with Crippen molar-refractivity contribution in [3.63, 3.8) is 0 Å². The second kappa shape index (κ2) is 2.79. The monoisotopic (exact) mass is 172 g/mol. The average Bonchev–Trinajstić information content (AvgIpc) is 2.49. The highest BCUT2D eigenvalue weighted by atomic mass is 15.4. The number of nitrogens with two attached hydrogens (primary N) is 1. The van der Waals surface area contributed by atoms with E-state index in [2.05, 4.69) is 16.2 Å². The number of rotatable bonds is 1. The summed E-state index contributed by atoms with van der Waals surface area (Å²) >= 11 is 0. The Morgan fingerprint density at radius 2 is 2.38 bits per heavy atom. The van der Waals surface area contributed by atoms with Crippen LogP contribution in [-0.2, 0) is 6.54 Å². The van der Waals surface area contributed by atoms with E-state index in [1.165, 1.54) is 0 Å². The van der Waals surface area contributed by atoms with Crippen LogP contribution in [0.15, 0.2) is 18.2 Å². The molecule has 0 aliphatic carbocycles. The molecule has 4 heteroatoms. The number of terminal acetylenes is 1. The van der Waals surface area contributed by atoms with Crippen molar-refractivity contribution in [2.75, 3.05) is 5.73 Å². The molecule has 1 aromatic heterocycles. The average molecular weight is 172 g/mol. The highest BCUT2D eigenvalue weighted by Gasteiger charge is 2.02. The van der Waals surface area contributed by atoms with Crippen LogP contribution in [0.1, 0.15) is 0 Å². The number of hydrogen-bond acceptors (Lipinski definition) is 3. The van der Waals surface area contributed by atoms with Crippen molar-refractivity contribution in [3.05, 3.63) is 18.2 Å². The van der Waals surface area contributed by atoms with Crippen LogP contribution in [0.5, 0.6) is 0 Å². The first kappa shape index (κ1) is 7.62. The van der Waals surface area contributed by atoms with Crippen LogP contribution in [0.2, 0.25) is 0 Å². The van der Waals surface area contributed by atoms with Gasteiger partial charge in [0.25, 0.3) is 0 Å². The van der Waals surface area contributed by atoms with Gasteiger partial charge in [0.1, 0.15) is 12.1 Å². The van der Waals surface area contributed by atoms with E-state index in [0.717, 1.165) is 11.0 Å². The first-order valence-electron chi connectivity index (χ1n) is 3.83. The molecule has 0 radical (unpaired) electrons. The summed E-state index contributed by atoms with van der Waals surface area (Å²) in [6.45, 7) is 0.417. The van der Waals surface area contributed by atoms with Crippen LogP contribution in [0.3, 0.4) is 0 Å². The third kappa shape index (κ3) is 1.20. The topological polar surface area (TPSA) is 56.7 Å². The maximum atomic E-state index is 5.63. The van der Waals surface area contributed by atoms with Gasteiger partial charge in [-0.1, -0.05) is 11.1 Å². The van der Waals surface area contributed by atoms with Gasteiger partial charge in [0.05, 0.1) is 5.52 Å². The molecule has 0 spiro atoms. The van der Waals surface area contributed by atoms with E-state index < -0.39 is 0 Å². The minimum Gasteiger partial charge on any atom is -0.399 e. The van der Waals surface area contributed by atoms with Gasteiger partial charge in [-0.2, -0.15) is 0 Å². The van der Waals surface area contributed by atoms with Gasteiger partial charge in [-0.05, 0) is 18.2 Å². The van der Waals surface area contributed by atoms with E-state index in [9.17, 15) is 0 Å². The van der Waals surface area contributed by atoms with E-state index in [-0.39, 0.29) is 0 Å². The van der Waals surface area contributed by atoms with E-state index in [1.807, 2.05) is 12.1 Å². The van der Waals surface area contributed by atoms with Crippen molar-refractivity contribution in [3.8, 4) is 12.3 Å². The zero-order valence-electron chi connectivity index (χ0n) is 6.94. The smallest absolute Gasteiger partial charge is 0.113 e. The third-order valence-electron chi connectivity index (χ3n) is 1.78. The predicted molar refractivity (Wildman–Crippen MR) is 50.8 cm³/mol. The molecule has 4 nitrogen and oxygen atoms in total. The Kier molecular flexibility index (Phi) is 1.64. The molecule has 0 bridgehead atoms. The maximum absolute atomic E-state index is 5.63. The number of benzene rings is 1. The van der Waals surface area contributed by atoms with Gasteiger partial charge >= 0.3 is 0 Å². The molecule has 0 saturated carbocycles. The second-order valence-electron chi connectivity index (χ2n) is 2.70. The normalized spacial score (nSPS) is 10.1. The first-order valence-corrected chi connectivity index (χ1v) is 3.83. The van der Waals surface area contributed by atoms with Crippen molar-refractivity contribution in [1.82, 2.24) is 15.0 Å². The number of nitrogen functional groups attached to an aromatic ring is 1. The van der Waals surface area contributed by atoms with E-state index >= 15 is 0 Å². The largest absolute Gasteiger partial charge is 0.399 e. The molecule has 0 fully saturated rings. The summed E-state index contributed by atoms with van der Waals surface area (Å²) in [5.74, 6) is 2.50. The fourth-order valence-electron chi connectivity index (χ4n) is 1.19. The fourth-order valence-corrected chi connectivity index (χ4v) is 1.19. The molecule has 0 aliphatic rings. The molecule has 2 N–H and O–H groups in total. The summed E-state index contributed by atoms with van der Waals surface area (Å²) in [7, 11) is 0. The van der Waals surface area contributed by atoms with Crippen LogP contribution in [0.4, 0.5) is 5.69 Å². The zero-order chi connectivity index (χ0) is 9.26. The van der Waals surface area contributed by atoms with Crippen LogP contribution >= 0.6 is 0 Å². The summed E-state index contributed by atoms with van der Waals surface area (Å²) in [4.78, 5) is 0. The van der Waals surface area contributed by atoms with E-state index in [1.54, 1.807) is 10.7 Å². The molecule has 1 heterocycles. The minimum absolute atomic E-state index is 0.417. The van der Waals surface area contributed by atoms with Crippen LogP contribution in [-0.4, -0.2) is 15.0 Å². The lowest BCUT2D eigenvalue weighted by molar-refractivity contribution is 0.694. The molecule has 0 aliphatic heterocycles. The summed E-state index contributed by atoms with van der Waals surface area (Å²) < 4.78 is 1.64. The van der Waals surface area contributed by atoms with Crippen LogP contribution in [0, 0.1) is 12.3 Å². The zero-order valence-corrected chi connectivity index (χ0v) is 6.94. The number of anilines is 1. The van der Waals surface area contributed by atoms with Crippen LogP contribution < -0.4 is 5.73 Å². The molecule has 0 unspecified atom stereocenters. The van der Waals surface area contributed by atoms with Gasteiger partial charge in [-0.25, -0.2) is 4.68 Å². The number of fused-ring (bicyclic) bond motifs is 1. The van der Waals surface area contributed by atoms with Crippen LogP contribution in [0.25, 0.3) is 11.0 Å². The number of aromatic nitrogens is 3. The van der Waals surface area contributed by atoms with Gasteiger partial charge in [0.15, 0.2) is 0 Å². The van der Waals surface area contributed by atoms with Crippen molar-refractivity contribution in [1.29, 1.82) is 0 Å². The molecule has 0 amide bonds. The molecule has 0 atom stereocenters. The Hall–Kier alpha value is -2.02. The van der Waals surface area contributed by atoms with Gasteiger partial charge in [-0.3, -0.25) is 0 Å². The quantitative estimate of drug-likeness (QED) is 0.507. The Morgan fingerprint density at radius 3 is 3.15 bits per heavy atom. The third-order valence-corrected chi connectivity index (χ3v) is 1.78. The summed E-state index contributed by atoms with van der Waals surface area (Å²) in [5, 5.41) is 7.84. The van der Waals surface area contributed by atoms with Gasteiger partial charge < -0.3 is 5.73 Å². The Labute approximate surface area is 75.3 Å². The molecule has 2 aromatic rings. The Balaban J connectivity index is 2.66. The van der Waals surface area contributed by atoms with Gasteiger partial charge in [0, 0.05) is 5.69 Å². The molecule has 1 aromatic carbocycles. The number of nitrogens with zero attached hydrogens (tertiary/aromatic N) is 3. The van der Waals surface area contributed by atoms with Crippen molar-refractivity contribution >= 4 is 16.7 Å². The molecule has 13 heavy (non-hydrogen) atoms. The van der Waals surface area contributed by atoms with Crippen molar-refractivity contribution in [2.45, 2.75) is 6.54 Å². The highest BCUT2D eigenvalue weighted by Crippen LogP contribution is 2.14. The summed E-state index contributed by atoms with van der Waals surface area (Å²) in [6, 6.07) is 5.43. The molecular formula is C9H8N4. The highest BCUT2D eigenvalue weighted by molar-refractivity contribution is 5.78. The molecule has 2 rings (SSSR count). The van der Waals surface area contributed by atoms with E-state index in [4.69, 9.17) is 12.2 Å². The second-order valence-corrected chi connectivity index (χ2v) is 2.70. The predicted octanol–water partition coefficient (Wildman–Crippen LogP) is 0.647. The first-order chi connectivity index (χ1) is 6.31. The fraction of sp³-hybridized carbons (Fsp3) is 0.111. The molecule has 0 saturated heterocycles. The van der Waals surface area contributed by atoms with E-state index in [0.29, 0.717) is 12.2 Å². The Morgan fingerprint density at radius 1 is 1.54 bits per heavy atom. The maximum Gasteiger partial charge on any atom is 0.113 e. The van der Waals surface area contributed by atoms with Gasteiger partial charge in [-0.15, -0.1) is 11.5 Å². The standard InChI is InChI=1S/C9H8N4/c1-2-5-13-9-6-7(10)3-4-8(9)11-12-13/h1,3-4,6H,5,10H2. The SMILES string of the molecule is C#CCn1nnc2ccc(N)cc21. The van der Waals surface area contributed by atoms with Crippen molar-refractivity contribution in [2.24, 2.45) is 0 Å². The summed E-state index contributed by atoms with van der Waals surface area (Å²) in [6.07, 6.45) is 5.18. The van der Waals surface area contributed by atoms with Gasteiger partial charge in [0.2, 0.25) is 0 Å². The minimum atomic E-state index is 0.417.